The van der Waals surface area contributed by atoms with Crippen LogP contribution in [0.5, 0.6) is 0 Å². The molecule has 4 nitrogen and oxygen atoms in total. The van der Waals surface area contributed by atoms with Crippen LogP contribution in [0.3, 0.4) is 0 Å². The first-order valence-corrected chi connectivity index (χ1v) is 6.16. The third-order valence-electron chi connectivity index (χ3n) is 2.66. The first-order valence-electron chi connectivity index (χ1n) is 6.16. The number of rotatable bonds is 6. The molecule has 1 aromatic carbocycles. The van der Waals surface area contributed by atoms with Crippen LogP contribution in [-0.2, 0) is 16.0 Å². The zero-order valence-electron chi connectivity index (χ0n) is 10.8. The Bertz CT molecular complexity index is 370. The number of carbonyl (C=O) groups excluding carboxylic acids is 1. The van der Waals surface area contributed by atoms with Gasteiger partial charge in [-0.05, 0) is 37.8 Å². The quantitative estimate of drug-likeness (QED) is 0.755. The molecule has 0 aliphatic heterocycles. The van der Waals surface area contributed by atoms with E-state index in [9.17, 15) is 15.0 Å². The Labute approximate surface area is 107 Å². The van der Waals surface area contributed by atoms with E-state index in [0.717, 1.165) is 12.0 Å². The largest absolute Gasteiger partial charge is 0.464 e. The number of benzene rings is 1. The smallest absolute Gasteiger partial charge is 0.339 e. The first kappa shape index (κ1) is 14.7. The van der Waals surface area contributed by atoms with E-state index in [-0.39, 0.29) is 12.7 Å². The lowest BCUT2D eigenvalue weighted by atomic mass is 10.0. The summed E-state index contributed by atoms with van der Waals surface area (Å²) < 4.78 is 4.75. The fourth-order valence-corrected chi connectivity index (χ4v) is 1.60. The zero-order valence-corrected chi connectivity index (χ0v) is 10.8. The van der Waals surface area contributed by atoms with Gasteiger partial charge in [0.15, 0.2) is 6.10 Å². The van der Waals surface area contributed by atoms with Crippen molar-refractivity contribution in [1.29, 1.82) is 0 Å². The van der Waals surface area contributed by atoms with Crippen LogP contribution in [0.1, 0.15) is 37.5 Å². The summed E-state index contributed by atoms with van der Waals surface area (Å²) in [6.07, 6.45) is -0.0849. The summed E-state index contributed by atoms with van der Waals surface area (Å²) in [6, 6.07) is 7.11. The predicted octanol–water partition coefficient (Wildman–Crippen LogP) is 1.60. The van der Waals surface area contributed by atoms with Crippen molar-refractivity contribution in [2.45, 2.75) is 38.9 Å². The van der Waals surface area contributed by atoms with E-state index in [2.05, 4.69) is 0 Å². The second kappa shape index (κ2) is 7.13. The summed E-state index contributed by atoms with van der Waals surface area (Å²) in [5, 5.41) is 18.9. The standard InChI is InChI=1S/C14H20O4/c1-3-18-14(17)13(16)12-8-6-11(7-9-12)5-4-10(2)15/h6-10,13,15-16H,3-5H2,1-2H3. The molecule has 0 heterocycles. The molecule has 0 spiro atoms. The van der Waals surface area contributed by atoms with Gasteiger partial charge in [0.25, 0.3) is 0 Å². The van der Waals surface area contributed by atoms with E-state index in [1.165, 1.54) is 0 Å². The maximum absolute atomic E-state index is 11.3. The molecule has 0 aliphatic rings. The lowest BCUT2D eigenvalue weighted by Crippen LogP contribution is -2.15. The molecular formula is C14H20O4. The summed E-state index contributed by atoms with van der Waals surface area (Å²) in [5.74, 6) is -0.630. The van der Waals surface area contributed by atoms with Gasteiger partial charge in [0, 0.05) is 0 Å². The van der Waals surface area contributed by atoms with Gasteiger partial charge in [-0.3, -0.25) is 0 Å². The van der Waals surface area contributed by atoms with Crippen molar-refractivity contribution < 1.29 is 19.7 Å². The molecule has 0 aromatic heterocycles. The van der Waals surface area contributed by atoms with E-state index in [4.69, 9.17) is 4.74 Å². The van der Waals surface area contributed by atoms with E-state index < -0.39 is 12.1 Å². The van der Waals surface area contributed by atoms with Crippen molar-refractivity contribution in [3.05, 3.63) is 35.4 Å². The SMILES string of the molecule is CCOC(=O)C(O)c1ccc(CCC(C)O)cc1. The predicted molar refractivity (Wildman–Crippen MR) is 68.0 cm³/mol. The third-order valence-corrected chi connectivity index (χ3v) is 2.66. The Balaban J connectivity index is 2.61. The molecule has 4 heteroatoms. The molecule has 0 radical (unpaired) electrons. The van der Waals surface area contributed by atoms with Crippen molar-refractivity contribution >= 4 is 5.97 Å². The Morgan fingerprint density at radius 2 is 1.89 bits per heavy atom. The molecule has 100 valence electrons. The van der Waals surface area contributed by atoms with Gasteiger partial charge in [0.05, 0.1) is 12.7 Å². The molecule has 2 unspecified atom stereocenters. The van der Waals surface area contributed by atoms with Gasteiger partial charge in [0.2, 0.25) is 0 Å². The van der Waals surface area contributed by atoms with Crippen molar-refractivity contribution in [1.82, 2.24) is 0 Å². The lowest BCUT2D eigenvalue weighted by molar-refractivity contribution is -0.153. The number of hydrogen-bond donors (Lipinski definition) is 2. The molecule has 1 rings (SSSR count). The molecule has 2 N–H and O–H groups in total. The van der Waals surface area contributed by atoms with Crippen LogP contribution in [0.2, 0.25) is 0 Å². The average molecular weight is 252 g/mol. The molecule has 2 atom stereocenters. The summed E-state index contributed by atoms with van der Waals surface area (Å²) in [7, 11) is 0. The molecular weight excluding hydrogens is 232 g/mol. The van der Waals surface area contributed by atoms with Crippen LogP contribution >= 0.6 is 0 Å². The number of carbonyl (C=O) groups is 1. The summed E-state index contributed by atoms with van der Waals surface area (Å²) in [4.78, 5) is 11.3. The minimum atomic E-state index is -1.23. The van der Waals surface area contributed by atoms with E-state index in [1.807, 2.05) is 12.1 Å². The molecule has 0 saturated heterocycles. The highest BCUT2D eigenvalue weighted by Gasteiger charge is 2.18. The molecule has 0 saturated carbocycles. The number of aliphatic hydroxyl groups excluding tert-OH is 2. The summed E-state index contributed by atoms with van der Waals surface area (Å²) in [5.41, 5.74) is 1.59. The topological polar surface area (TPSA) is 66.8 Å². The van der Waals surface area contributed by atoms with E-state index in [0.29, 0.717) is 12.0 Å². The monoisotopic (exact) mass is 252 g/mol. The van der Waals surface area contributed by atoms with Crippen LogP contribution in [0.25, 0.3) is 0 Å². The molecule has 0 amide bonds. The number of ether oxygens (including phenoxy) is 1. The normalized spacial score (nSPS) is 14.0. The fourth-order valence-electron chi connectivity index (χ4n) is 1.60. The van der Waals surface area contributed by atoms with Crippen LogP contribution in [0.15, 0.2) is 24.3 Å². The van der Waals surface area contributed by atoms with Gasteiger partial charge in [-0.1, -0.05) is 24.3 Å². The minimum absolute atomic E-state index is 0.252. The second-order valence-electron chi connectivity index (χ2n) is 4.28. The Hall–Kier alpha value is -1.39. The molecule has 18 heavy (non-hydrogen) atoms. The third kappa shape index (κ3) is 4.47. The van der Waals surface area contributed by atoms with Crippen LogP contribution in [-0.4, -0.2) is 28.9 Å². The average Bonchev–Trinajstić information content (AvgIpc) is 2.36. The lowest BCUT2D eigenvalue weighted by Gasteiger charge is -2.10. The van der Waals surface area contributed by atoms with Gasteiger partial charge in [0.1, 0.15) is 0 Å². The fraction of sp³-hybridized carbons (Fsp3) is 0.500. The summed E-state index contributed by atoms with van der Waals surface area (Å²) in [6.45, 7) is 3.70. The molecule has 1 aromatic rings. The highest BCUT2D eigenvalue weighted by Crippen LogP contribution is 2.16. The number of hydrogen-bond acceptors (Lipinski definition) is 4. The Morgan fingerprint density at radius 3 is 2.39 bits per heavy atom. The van der Waals surface area contributed by atoms with E-state index >= 15 is 0 Å². The Kier molecular flexibility index (Phi) is 5.82. The summed E-state index contributed by atoms with van der Waals surface area (Å²) >= 11 is 0. The number of aryl methyl sites for hydroxylation is 1. The van der Waals surface area contributed by atoms with Gasteiger partial charge < -0.3 is 14.9 Å². The minimum Gasteiger partial charge on any atom is -0.464 e. The van der Waals surface area contributed by atoms with Gasteiger partial charge in [-0.25, -0.2) is 4.79 Å². The molecule has 0 fully saturated rings. The van der Waals surface area contributed by atoms with Crippen LogP contribution in [0.4, 0.5) is 0 Å². The maximum Gasteiger partial charge on any atom is 0.339 e. The number of aliphatic hydroxyl groups is 2. The second-order valence-corrected chi connectivity index (χ2v) is 4.28. The zero-order chi connectivity index (χ0) is 13.5. The molecule has 0 aliphatic carbocycles. The first-order chi connectivity index (χ1) is 8.54. The highest BCUT2D eigenvalue weighted by molar-refractivity contribution is 5.76. The number of esters is 1. The van der Waals surface area contributed by atoms with Crippen molar-refractivity contribution in [2.24, 2.45) is 0 Å². The van der Waals surface area contributed by atoms with Gasteiger partial charge in [-0.15, -0.1) is 0 Å². The van der Waals surface area contributed by atoms with Gasteiger partial charge >= 0.3 is 5.97 Å². The van der Waals surface area contributed by atoms with Crippen molar-refractivity contribution in [3.8, 4) is 0 Å². The van der Waals surface area contributed by atoms with Crippen LogP contribution in [0, 0.1) is 0 Å². The van der Waals surface area contributed by atoms with E-state index in [1.54, 1.807) is 26.0 Å². The Morgan fingerprint density at radius 1 is 1.28 bits per heavy atom. The van der Waals surface area contributed by atoms with Gasteiger partial charge in [-0.2, -0.15) is 0 Å². The molecule has 0 bridgehead atoms. The van der Waals surface area contributed by atoms with Crippen molar-refractivity contribution in [2.75, 3.05) is 6.61 Å². The van der Waals surface area contributed by atoms with Crippen LogP contribution < -0.4 is 0 Å². The van der Waals surface area contributed by atoms with Crippen molar-refractivity contribution in [3.63, 3.8) is 0 Å². The highest BCUT2D eigenvalue weighted by atomic mass is 16.5. The maximum atomic E-state index is 11.3.